The van der Waals surface area contributed by atoms with Crippen molar-refractivity contribution in [1.29, 1.82) is 0 Å². The van der Waals surface area contributed by atoms with Crippen LogP contribution in [0.2, 0.25) is 0 Å². The molecule has 0 bridgehead atoms. The second-order valence-corrected chi connectivity index (χ2v) is 4.02. The fourth-order valence-electron chi connectivity index (χ4n) is 1.60. The fourth-order valence-corrected chi connectivity index (χ4v) is 1.60. The van der Waals surface area contributed by atoms with Crippen molar-refractivity contribution in [2.75, 3.05) is 0 Å². The van der Waals surface area contributed by atoms with Crippen molar-refractivity contribution < 1.29 is 18.0 Å². The number of rotatable bonds is 2. The maximum atomic E-state index is 12.1. The first-order valence-corrected chi connectivity index (χ1v) is 5.75. The molecule has 0 atom stereocenters. The van der Waals surface area contributed by atoms with E-state index in [1.54, 1.807) is 30.3 Å². The van der Waals surface area contributed by atoms with Gasteiger partial charge in [-0.15, -0.1) is 0 Å². The topological polar surface area (TPSA) is 17.1 Å². The Bertz CT molecular complexity index is 659. The summed E-state index contributed by atoms with van der Waals surface area (Å²) in [6.07, 6.45) is -4.52. The van der Waals surface area contributed by atoms with E-state index in [9.17, 15) is 18.0 Å². The van der Waals surface area contributed by atoms with E-state index in [-0.39, 0.29) is 11.3 Å². The summed E-state index contributed by atoms with van der Waals surface area (Å²) in [5.74, 6) is 3.01. The fraction of sp³-hybridized carbons (Fsp3) is 0.0625. The van der Waals surface area contributed by atoms with Gasteiger partial charge in [0.15, 0.2) is 5.78 Å². The molecule has 0 saturated heterocycles. The van der Waals surface area contributed by atoms with Crippen molar-refractivity contribution in [1.82, 2.24) is 0 Å². The van der Waals surface area contributed by atoms with Crippen LogP contribution in [-0.4, -0.2) is 12.0 Å². The Morgan fingerprint density at radius 1 is 0.850 bits per heavy atom. The lowest BCUT2D eigenvalue weighted by Gasteiger charge is -2.01. The molecule has 0 saturated carbocycles. The average Bonchev–Trinajstić information content (AvgIpc) is 2.45. The number of alkyl halides is 3. The van der Waals surface area contributed by atoms with Gasteiger partial charge in [-0.2, -0.15) is 13.2 Å². The van der Waals surface area contributed by atoms with Gasteiger partial charge in [-0.3, -0.25) is 4.79 Å². The van der Waals surface area contributed by atoms with Crippen LogP contribution in [0.15, 0.2) is 54.6 Å². The Kier molecular flexibility index (Phi) is 3.90. The summed E-state index contributed by atoms with van der Waals surface area (Å²) >= 11 is 0. The molecule has 0 spiro atoms. The summed E-state index contributed by atoms with van der Waals surface area (Å²) < 4.78 is 35.8. The molecule has 0 amide bonds. The summed E-state index contributed by atoms with van der Waals surface area (Å²) in [4.78, 5) is 12.1. The molecule has 0 unspecified atom stereocenters. The predicted octanol–water partition coefficient (Wildman–Crippen LogP) is 3.83. The molecule has 0 aliphatic heterocycles. The first kappa shape index (κ1) is 13.9. The monoisotopic (exact) mass is 274 g/mol. The highest BCUT2D eigenvalue weighted by atomic mass is 19.4. The van der Waals surface area contributed by atoms with E-state index in [0.717, 1.165) is 0 Å². The number of carbonyl (C=O) groups is 1. The van der Waals surface area contributed by atoms with Crippen LogP contribution in [0, 0.1) is 11.8 Å². The normalized spacial score (nSPS) is 10.6. The van der Waals surface area contributed by atoms with Gasteiger partial charge in [0.1, 0.15) is 0 Å². The number of carbonyl (C=O) groups excluding carboxylic acids is 1. The molecule has 100 valence electrons. The van der Waals surface area contributed by atoms with Gasteiger partial charge < -0.3 is 0 Å². The number of hydrogen-bond acceptors (Lipinski definition) is 1. The second kappa shape index (κ2) is 5.62. The summed E-state index contributed by atoms with van der Waals surface area (Å²) in [5, 5.41) is 0. The average molecular weight is 274 g/mol. The third kappa shape index (κ3) is 3.72. The molecule has 0 radical (unpaired) electrons. The number of halogens is 3. The predicted molar refractivity (Wildman–Crippen MR) is 69.2 cm³/mol. The van der Waals surface area contributed by atoms with Crippen LogP contribution in [0.3, 0.4) is 0 Å². The zero-order valence-electron chi connectivity index (χ0n) is 10.2. The minimum atomic E-state index is -4.52. The van der Waals surface area contributed by atoms with Crippen molar-refractivity contribution in [3.05, 3.63) is 71.3 Å². The van der Waals surface area contributed by atoms with E-state index < -0.39 is 6.18 Å². The van der Waals surface area contributed by atoms with Gasteiger partial charge in [0.05, 0.1) is 0 Å². The zero-order chi connectivity index (χ0) is 14.6. The van der Waals surface area contributed by atoms with Gasteiger partial charge in [-0.1, -0.05) is 36.3 Å². The third-order valence-corrected chi connectivity index (χ3v) is 2.53. The highest BCUT2D eigenvalue weighted by molar-refractivity contribution is 6.08. The lowest BCUT2D eigenvalue weighted by molar-refractivity contribution is -0.0696. The highest BCUT2D eigenvalue weighted by Crippen LogP contribution is 2.14. The second-order valence-electron chi connectivity index (χ2n) is 4.02. The Labute approximate surface area is 114 Å². The molecule has 0 aromatic heterocycles. The number of benzene rings is 2. The van der Waals surface area contributed by atoms with Crippen molar-refractivity contribution >= 4 is 5.78 Å². The quantitative estimate of drug-likeness (QED) is 0.601. The molecule has 0 heterocycles. The van der Waals surface area contributed by atoms with Crippen molar-refractivity contribution in [3.63, 3.8) is 0 Å². The van der Waals surface area contributed by atoms with Gasteiger partial charge in [0.25, 0.3) is 0 Å². The van der Waals surface area contributed by atoms with Crippen LogP contribution < -0.4 is 0 Å². The highest BCUT2D eigenvalue weighted by Gasteiger charge is 2.22. The Hall–Kier alpha value is -2.54. The molecule has 2 aromatic carbocycles. The molecular weight excluding hydrogens is 265 g/mol. The lowest BCUT2D eigenvalue weighted by Crippen LogP contribution is -2.02. The maximum absolute atomic E-state index is 12.1. The smallest absolute Gasteiger partial charge is 0.289 e. The van der Waals surface area contributed by atoms with E-state index in [4.69, 9.17) is 0 Å². The van der Waals surface area contributed by atoms with Crippen LogP contribution in [0.1, 0.15) is 21.5 Å². The van der Waals surface area contributed by atoms with Crippen molar-refractivity contribution in [2.24, 2.45) is 0 Å². The molecule has 0 aliphatic rings. The summed E-state index contributed by atoms with van der Waals surface area (Å²) in [5.41, 5.74) is 1.15. The summed E-state index contributed by atoms with van der Waals surface area (Å²) in [6, 6.07) is 14.4. The Morgan fingerprint density at radius 2 is 1.40 bits per heavy atom. The van der Waals surface area contributed by atoms with Gasteiger partial charge in [0, 0.05) is 22.6 Å². The molecule has 0 N–H and O–H groups in total. The Morgan fingerprint density at radius 3 is 1.95 bits per heavy atom. The molecule has 1 nitrogen and oxygen atoms in total. The van der Waals surface area contributed by atoms with Crippen molar-refractivity contribution in [3.8, 4) is 11.8 Å². The first-order valence-electron chi connectivity index (χ1n) is 5.75. The van der Waals surface area contributed by atoms with Gasteiger partial charge >= 0.3 is 6.18 Å². The largest absolute Gasteiger partial charge is 0.458 e. The molecule has 20 heavy (non-hydrogen) atoms. The standard InChI is InChI=1S/C16H9F3O/c17-16(18,19)11-10-12-6-8-14(9-7-12)15(20)13-4-2-1-3-5-13/h1-9H. The van der Waals surface area contributed by atoms with Gasteiger partial charge in [-0.25, -0.2) is 0 Å². The van der Waals surface area contributed by atoms with E-state index in [2.05, 4.69) is 0 Å². The molecule has 4 heteroatoms. The van der Waals surface area contributed by atoms with Gasteiger partial charge in [-0.05, 0) is 24.3 Å². The minimum absolute atomic E-state index is 0.180. The van der Waals surface area contributed by atoms with Crippen LogP contribution >= 0.6 is 0 Å². The SMILES string of the molecule is O=C(c1ccccc1)c1ccc(C#CC(F)(F)F)cc1. The van der Waals surface area contributed by atoms with E-state index in [1.807, 2.05) is 5.92 Å². The van der Waals surface area contributed by atoms with Gasteiger partial charge in [0.2, 0.25) is 0 Å². The lowest BCUT2D eigenvalue weighted by atomic mass is 10.0. The van der Waals surface area contributed by atoms with Crippen LogP contribution in [0.5, 0.6) is 0 Å². The zero-order valence-corrected chi connectivity index (χ0v) is 10.2. The third-order valence-electron chi connectivity index (χ3n) is 2.53. The number of hydrogen-bond donors (Lipinski definition) is 0. The van der Waals surface area contributed by atoms with Crippen molar-refractivity contribution in [2.45, 2.75) is 6.18 Å². The maximum Gasteiger partial charge on any atom is 0.458 e. The number of ketones is 1. The molecule has 2 aromatic rings. The van der Waals surface area contributed by atoms with E-state index >= 15 is 0 Å². The Balaban J connectivity index is 2.20. The minimum Gasteiger partial charge on any atom is -0.289 e. The summed E-state index contributed by atoms with van der Waals surface area (Å²) in [7, 11) is 0. The van der Waals surface area contributed by atoms with Crippen LogP contribution in [0.4, 0.5) is 13.2 Å². The summed E-state index contributed by atoms with van der Waals surface area (Å²) in [6.45, 7) is 0. The van der Waals surface area contributed by atoms with Crippen LogP contribution in [-0.2, 0) is 0 Å². The first-order chi connectivity index (χ1) is 9.46. The molecule has 2 rings (SSSR count). The molecule has 0 fully saturated rings. The van der Waals surface area contributed by atoms with E-state index in [0.29, 0.717) is 11.1 Å². The van der Waals surface area contributed by atoms with Crippen LogP contribution in [0.25, 0.3) is 0 Å². The van der Waals surface area contributed by atoms with E-state index in [1.165, 1.54) is 30.2 Å². The molecule has 0 aliphatic carbocycles. The molecular formula is C16H9F3O.